The standard InChI is InChI=1S/C20H19NO3S/c1-13(2)24-17-9-5-3-7-14(17)11-15(12-19(22)23)20-21-16-8-4-6-10-18(16)25-20/h3-11,13H,12H2,1-2H3,(H,22,23). The van der Waals surface area contributed by atoms with Gasteiger partial charge in [0.05, 0.1) is 22.7 Å². The summed E-state index contributed by atoms with van der Waals surface area (Å²) in [6, 6.07) is 15.4. The third kappa shape index (κ3) is 4.25. The fourth-order valence-electron chi connectivity index (χ4n) is 2.51. The van der Waals surface area contributed by atoms with Gasteiger partial charge in [-0.25, -0.2) is 4.98 Å². The number of para-hydroxylation sites is 2. The van der Waals surface area contributed by atoms with Gasteiger partial charge in [0.25, 0.3) is 0 Å². The van der Waals surface area contributed by atoms with Crippen LogP contribution in [0.4, 0.5) is 0 Å². The molecule has 0 unspecified atom stereocenters. The van der Waals surface area contributed by atoms with Crippen LogP contribution in [0.3, 0.4) is 0 Å². The Morgan fingerprint density at radius 3 is 2.64 bits per heavy atom. The van der Waals surface area contributed by atoms with Gasteiger partial charge in [-0.3, -0.25) is 4.79 Å². The molecule has 2 aromatic carbocycles. The van der Waals surface area contributed by atoms with E-state index in [1.54, 1.807) is 0 Å². The van der Waals surface area contributed by atoms with Crippen LogP contribution >= 0.6 is 11.3 Å². The minimum absolute atomic E-state index is 0.0416. The molecule has 0 amide bonds. The highest BCUT2D eigenvalue weighted by atomic mass is 32.1. The third-order valence-corrected chi connectivity index (χ3v) is 4.63. The number of carbonyl (C=O) groups is 1. The number of carboxylic acids is 1. The summed E-state index contributed by atoms with van der Waals surface area (Å²) in [7, 11) is 0. The molecular weight excluding hydrogens is 334 g/mol. The first-order valence-electron chi connectivity index (χ1n) is 8.07. The molecule has 0 saturated carbocycles. The zero-order valence-electron chi connectivity index (χ0n) is 14.1. The highest BCUT2D eigenvalue weighted by Gasteiger charge is 2.14. The Kier molecular flexibility index (Phi) is 5.14. The van der Waals surface area contributed by atoms with E-state index in [0.29, 0.717) is 5.57 Å². The Labute approximate surface area is 150 Å². The van der Waals surface area contributed by atoms with Crippen molar-refractivity contribution in [3.8, 4) is 5.75 Å². The number of carboxylic acid groups (broad SMARTS) is 1. The van der Waals surface area contributed by atoms with E-state index < -0.39 is 5.97 Å². The van der Waals surface area contributed by atoms with Gasteiger partial charge >= 0.3 is 5.97 Å². The Bertz CT molecular complexity index is 894. The molecule has 0 radical (unpaired) electrons. The summed E-state index contributed by atoms with van der Waals surface area (Å²) in [5, 5.41) is 10.0. The van der Waals surface area contributed by atoms with Crippen LogP contribution in [0.2, 0.25) is 0 Å². The largest absolute Gasteiger partial charge is 0.490 e. The topological polar surface area (TPSA) is 59.4 Å². The van der Waals surface area contributed by atoms with Gasteiger partial charge in [0, 0.05) is 5.56 Å². The molecule has 25 heavy (non-hydrogen) atoms. The van der Waals surface area contributed by atoms with E-state index in [9.17, 15) is 9.90 Å². The lowest BCUT2D eigenvalue weighted by atomic mass is 10.1. The van der Waals surface area contributed by atoms with Crippen LogP contribution < -0.4 is 4.74 Å². The van der Waals surface area contributed by atoms with Crippen LogP contribution in [0.5, 0.6) is 5.75 Å². The number of rotatable bonds is 6. The molecule has 1 N–H and O–H groups in total. The number of hydrogen-bond donors (Lipinski definition) is 1. The number of aliphatic carboxylic acids is 1. The van der Waals surface area contributed by atoms with Crippen LogP contribution in [0.25, 0.3) is 21.9 Å². The van der Waals surface area contributed by atoms with Crippen LogP contribution in [-0.4, -0.2) is 22.2 Å². The van der Waals surface area contributed by atoms with E-state index in [2.05, 4.69) is 4.98 Å². The normalized spacial score (nSPS) is 11.9. The number of hydrogen-bond acceptors (Lipinski definition) is 4. The van der Waals surface area contributed by atoms with Crippen molar-refractivity contribution in [3.63, 3.8) is 0 Å². The maximum atomic E-state index is 11.4. The van der Waals surface area contributed by atoms with Crippen LogP contribution in [0, 0.1) is 0 Å². The Morgan fingerprint density at radius 2 is 1.92 bits per heavy atom. The van der Waals surface area contributed by atoms with Crippen molar-refractivity contribution in [1.29, 1.82) is 0 Å². The molecule has 0 fully saturated rings. The molecule has 1 aromatic heterocycles. The van der Waals surface area contributed by atoms with Gasteiger partial charge in [-0.1, -0.05) is 30.3 Å². The van der Waals surface area contributed by atoms with Gasteiger partial charge in [-0.05, 0) is 43.7 Å². The van der Waals surface area contributed by atoms with Crippen molar-refractivity contribution in [2.75, 3.05) is 0 Å². The smallest absolute Gasteiger partial charge is 0.307 e. The van der Waals surface area contributed by atoms with Crippen molar-refractivity contribution in [2.24, 2.45) is 0 Å². The minimum atomic E-state index is -0.882. The Balaban J connectivity index is 2.07. The summed E-state index contributed by atoms with van der Waals surface area (Å²) < 4.78 is 6.88. The van der Waals surface area contributed by atoms with Crippen molar-refractivity contribution in [3.05, 3.63) is 59.1 Å². The van der Waals surface area contributed by atoms with Gasteiger partial charge < -0.3 is 9.84 Å². The molecule has 0 saturated heterocycles. The minimum Gasteiger partial charge on any atom is -0.490 e. The number of benzene rings is 2. The van der Waals surface area contributed by atoms with Crippen LogP contribution in [0.15, 0.2) is 48.5 Å². The fraction of sp³-hybridized carbons (Fsp3) is 0.200. The molecule has 5 heteroatoms. The summed E-state index contributed by atoms with van der Waals surface area (Å²) in [4.78, 5) is 16.0. The molecule has 3 aromatic rings. The van der Waals surface area contributed by atoms with Crippen molar-refractivity contribution in [2.45, 2.75) is 26.4 Å². The zero-order chi connectivity index (χ0) is 17.8. The van der Waals surface area contributed by atoms with E-state index in [1.807, 2.05) is 68.5 Å². The van der Waals surface area contributed by atoms with Gasteiger partial charge in [0.1, 0.15) is 10.8 Å². The van der Waals surface area contributed by atoms with Crippen LogP contribution in [-0.2, 0) is 4.79 Å². The predicted octanol–water partition coefficient (Wildman–Crippen LogP) is 5.10. The lowest BCUT2D eigenvalue weighted by Gasteiger charge is -2.13. The molecule has 1 heterocycles. The molecular formula is C20H19NO3S. The molecule has 0 bridgehead atoms. The zero-order valence-corrected chi connectivity index (χ0v) is 14.9. The summed E-state index contributed by atoms with van der Waals surface area (Å²) >= 11 is 1.50. The molecule has 0 spiro atoms. The number of aromatic nitrogens is 1. The highest BCUT2D eigenvalue weighted by Crippen LogP contribution is 2.32. The van der Waals surface area contributed by atoms with Gasteiger partial charge in [0.15, 0.2) is 0 Å². The number of thiazole rings is 1. The molecule has 0 atom stereocenters. The second kappa shape index (κ2) is 7.49. The lowest BCUT2D eigenvalue weighted by molar-refractivity contribution is -0.135. The van der Waals surface area contributed by atoms with Crippen molar-refractivity contribution >= 4 is 39.2 Å². The quantitative estimate of drug-likeness (QED) is 0.670. The molecule has 0 aliphatic rings. The molecule has 4 nitrogen and oxygen atoms in total. The average Bonchev–Trinajstić information content (AvgIpc) is 2.99. The number of ether oxygens (including phenoxy) is 1. The van der Waals surface area contributed by atoms with Crippen molar-refractivity contribution in [1.82, 2.24) is 4.98 Å². The second-order valence-corrected chi connectivity index (χ2v) is 6.96. The summed E-state index contributed by atoms with van der Waals surface area (Å²) in [5.74, 6) is -0.144. The summed E-state index contributed by atoms with van der Waals surface area (Å²) in [6.07, 6.45) is 1.82. The molecule has 0 aliphatic carbocycles. The van der Waals surface area contributed by atoms with E-state index >= 15 is 0 Å². The second-order valence-electron chi connectivity index (χ2n) is 5.93. The number of fused-ring (bicyclic) bond motifs is 1. The van der Waals surface area contributed by atoms with E-state index in [4.69, 9.17) is 4.74 Å². The maximum absolute atomic E-state index is 11.4. The first-order chi connectivity index (χ1) is 12.0. The Hall–Kier alpha value is -2.66. The average molecular weight is 353 g/mol. The first kappa shape index (κ1) is 17.2. The predicted molar refractivity (Wildman–Crippen MR) is 102 cm³/mol. The number of nitrogens with zero attached hydrogens (tertiary/aromatic N) is 1. The molecule has 0 aliphatic heterocycles. The summed E-state index contributed by atoms with van der Waals surface area (Å²) in [6.45, 7) is 3.93. The fourth-order valence-corrected chi connectivity index (χ4v) is 3.49. The first-order valence-corrected chi connectivity index (χ1v) is 8.88. The third-order valence-electron chi connectivity index (χ3n) is 3.52. The van der Waals surface area contributed by atoms with Gasteiger partial charge in [0.2, 0.25) is 0 Å². The molecule has 128 valence electrons. The van der Waals surface area contributed by atoms with Crippen molar-refractivity contribution < 1.29 is 14.6 Å². The monoisotopic (exact) mass is 353 g/mol. The van der Waals surface area contributed by atoms with E-state index in [-0.39, 0.29) is 12.5 Å². The van der Waals surface area contributed by atoms with Gasteiger partial charge in [-0.2, -0.15) is 0 Å². The van der Waals surface area contributed by atoms with Gasteiger partial charge in [-0.15, -0.1) is 11.3 Å². The lowest BCUT2D eigenvalue weighted by Crippen LogP contribution is -2.06. The van der Waals surface area contributed by atoms with E-state index in [0.717, 1.165) is 26.5 Å². The van der Waals surface area contributed by atoms with Crippen LogP contribution in [0.1, 0.15) is 30.8 Å². The molecule has 3 rings (SSSR count). The van der Waals surface area contributed by atoms with E-state index in [1.165, 1.54) is 11.3 Å². The SMILES string of the molecule is CC(C)Oc1ccccc1C=C(CC(=O)O)c1nc2ccccc2s1. The maximum Gasteiger partial charge on any atom is 0.307 e. The Morgan fingerprint density at radius 1 is 1.20 bits per heavy atom. The summed E-state index contributed by atoms with van der Waals surface area (Å²) in [5.41, 5.74) is 2.41. The highest BCUT2D eigenvalue weighted by molar-refractivity contribution is 7.19.